The fraction of sp³-hybridized carbons (Fsp3) is 0.769. The number of hydrogen-bond acceptors (Lipinski definition) is 2. The van der Waals surface area contributed by atoms with E-state index in [-0.39, 0.29) is 0 Å². The Bertz CT molecular complexity index is 294. The van der Waals surface area contributed by atoms with Crippen LogP contribution in [0.2, 0.25) is 0 Å². The van der Waals surface area contributed by atoms with Gasteiger partial charge in [-0.3, -0.25) is 5.10 Å². The van der Waals surface area contributed by atoms with Gasteiger partial charge in [-0.2, -0.15) is 5.10 Å². The molecule has 1 fully saturated rings. The lowest BCUT2D eigenvalue weighted by molar-refractivity contribution is 0.241. The van der Waals surface area contributed by atoms with E-state index in [4.69, 9.17) is 0 Å². The SMILES string of the molecule is CCC1CCCCC1NC(C)c1cn[nH]c1. The first-order chi connectivity index (χ1) is 7.81. The Morgan fingerprint density at radius 2 is 2.31 bits per heavy atom. The average Bonchev–Trinajstić information content (AvgIpc) is 2.83. The van der Waals surface area contributed by atoms with Crippen LogP contribution in [0.3, 0.4) is 0 Å². The molecular weight excluding hydrogens is 198 g/mol. The highest BCUT2D eigenvalue weighted by molar-refractivity contribution is 5.08. The number of nitrogens with one attached hydrogen (secondary N) is 2. The van der Waals surface area contributed by atoms with Crippen LogP contribution in [0.1, 0.15) is 57.6 Å². The van der Waals surface area contributed by atoms with E-state index in [1.165, 1.54) is 37.7 Å². The van der Waals surface area contributed by atoms with Crippen molar-refractivity contribution in [3.05, 3.63) is 18.0 Å². The third kappa shape index (κ3) is 2.64. The van der Waals surface area contributed by atoms with Crippen molar-refractivity contribution >= 4 is 0 Å². The van der Waals surface area contributed by atoms with Gasteiger partial charge in [-0.05, 0) is 25.7 Å². The number of nitrogens with zero attached hydrogens (tertiary/aromatic N) is 1. The van der Waals surface area contributed by atoms with Crippen molar-refractivity contribution in [2.24, 2.45) is 5.92 Å². The lowest BCUT2D eigenvalue weighted by Gasteiger charge is -2.33. The van der Waals surface area contributed by atoms with Crippen LogP contribution in [0, 0.1) is 5.92 Å². The quantitative estimate of drug-likeness (QED) is 0.820. The zero-order chi connectivity index (χ0) is 11.4. The smallest absolute Gasteiger partial charge is 0.0534 e. The van der Waals surface area contributed by atoms with Gasteiger partial charge in [0.1, 0.15) is 0 Å². The standard InChI is InChI=1S/C13H23N3/c1-3-11-6-4-5-7-13(11)16-10(2)12-8-14-15-9-12/h8-11,13,16H,3-7H2,1-2H3,(H,14,15). The zero-order valence-electron chi connectivity index (χ0n) is 10.4. The predicted molar refractivity (Wildman–Crippen MR) is 66.2 cm³/mol. The van der Waals surface area contributed by atoms with Crippen LogP contribution >= 0.6 is 0 Å². The summed E-state index contributed by atoms with van der Waals surface area (Å²) in [7, 11) is 0. The summed E-state index contributed by atoms with van der Waals surface area (Å²) in [6.07, 6.45) is 10.7. The van der Waals surface area contributed by atoms with Crippen molar-refractivity contribution < 1.29 is 0 Å². The molecule has 1 saturated carbocycles. The summed E-state index contributed by atoms with van der Waals surface area (Å²) in [4.78, 5) is 0. The molecule has 3 atom stereocenters. The summed E-state index contributed by atoms with van der Waals surface area (Å²) < 4.78 is 0. The second-order valence-electron chi connectivity index (χ2n) is 4.98. The van der Waals surface area contributed by atoms with Gasteiger partial charge < -0.3 is 5.32 Å². The maximum absolute atomic E-state index is 4.01. The van der Waals surface area contributed by atoms with Gasteiger partial charge in [0.05, 0.1) is 6.20 Å². The summed E-state index contributed by atoms with van der Waals surface area (Å²) >= 11 is 0. The van der Waals surface area contributed by atoms with Crippen LogP contribution < -0.4 is 5.32 Å². The van der Waals surface area contributed by atoms with Crippen molar-refractivity contribution in [2.75, 3.05) is 0 Å². The molecule has 0 aromatic carbocycles. The minimum Gasteiger partial charge on any atom is -0.307 e. The van der Waals surface area contributed by atoms with Gasteiger partial charge in [-0.1, -0.05) is 26.2 Å². The van der Waals surface area contributed by atoms with Crippen molar-refractivity contribution in [2.45, 2.75) is 58.0 Å². The molecule has 1 heterocycles. The van der Waals surface area contributed by atoms with Crippen LogP contribution in [-0.2, 0) is 0 Å². The molecular formula is C13H23N3. The number of rotatable bonds is 4. The molecule has 0 radical (unpaired) electrons. The molecule has 16 heavy (non-hydrogen) atoms. The van der Waals surface area contributed by atoms with Gasteiger partial charge in [0.2, 0.25) is 0 Å². The highest BCUT2D eigenvalue weighted by Crippen LogP contribution is 2.28. The Balaban J connectivity index is 1.92. The van der Waals surface area contributed by atoms with Gasteiger partial charge in [0.25, 0.3) is 0 Å². The van der Waals surface area contributed by atoms with Gasteiger partial charge in [-0.15, -0.1) is 0 Å². The lowest BCUT2D eigenvalue weighted by atomic mass is 9.82. The summed E-state index contributed by atoms with van der Waals surface area (Å²) in [5.41, 5.74) is 1.26. The first-order valence-electron chi connectivity index (χ1n) is 6.56. The number of aromatic nitrogens is 2. The van der Waals surface area contributed by atoms with Crippen LogP contribution in [0.15, 0.2) is 12.4 Å². The summed E-state index contributed by atoms with van der Waals surface area (Å²) in [6.45, 7) is 4.54. The molecule has 2 rings (SSSR count). The zero-order valence-corrected chi connectivity index (χ0v) is 10.4. The van der Waals surface area contributed by atoms with E-state index in [0.717, 1.165) is 5.92 Å². The third-order valence-corrected chi connectivity index (χ3v) is 3.92. The minimum atomic E-state index is 0.413. The fourth-order valence-electron chi connectivity index (χ4n) is 2.83. The number of H-pyrrole nitrogens is 1. The number of aromatic amines is 1. The second-order valence-corrected chi connectivity index (χ2v) is 4.98. The van der Waals surface area contributed by atoms with Gasteiger partial charge in [0.15, 0.2) is 0 Å². The normalized spacial score (nSPS) is 27.9. The topological polar surface area (TPSA) is 40.7 Å². The Morgan fingerprint density at radius 1 is 1.50 bits per heavy atom. The van der Waals surface area contributed by atoms with E-state index in [9.17, 15) is 0 Å². The molecule has 1 aliphatic rings. The highest BCUT2D eigenvalue weighted by Gasteiger charge is 2.24. The van der Waals surface area contributed by atoms with Gasteiger partial charge in [0, 0.05) is 23.8 Å². The lowest BCUT2D eigenvalue weighted by Crippen LogP contribution is -2.39. The maximum Gasteiger partial charge on any atom is 0.0534 e. The monoisotopic (exact) mass is 221 g/mol. The second kappa shape index (κ2) is 5.48. The average molecular weight is 221 g/mol. The molecule has 0 spiro atoms. The van der Waals surface area contributed by atoms with Crippen molar-refractivity contribution in [3.63, 3.8) is 0 Å². The molecule has 0 saturated heterocycles. The first kappa shape index (κ1) is 11.6. The first-order valence-corrected chi connectivity index (χ1v) is 6.56. The molecule has 0 amide bonds. The molecule has 1 aromatic heterocycles. The molecule has 1 aromatic rings. The van der Waals surface area contributed by atoms with Crippen molar-refractivity contribution in [1.29, 1.82) is 0 Å². The molecule has 3 heteroatoms. The molecule has 3 nitrogen and oxygen atoms in total. The van der Waals surface area contributed by atoms with Crippen LogP contribution in [0.4, 0.5) is 0 Å². The number of hydrogen-bond donors (Lipinski definition) is 2. The van der Waals surface area contributed by atoms with Crippen molar-refractivity contribution in [1.82, 2.24) is 15.5 Å². The van der Waals surface area contributed by atoms with E-state index < -0.39 is 0 Å². The molecule has 0 bridgehead atoms. The Hall–Kier alpha value is -0.830. The molecule has 3 unspecified atom stereocenters. The van der Waals surface area contributed by atoms with Crippen LogP contribution in [0.5, 0.6) is 0 Å². The van der Waals surface area contributed by atoms with E-state index >= 15 is 0 Å². The maximum atomic E-state index is 4.01. The van der Waals surface area contributed by atoms with E-state index in [1.54, 1.807) is 0 Å². The Labute approximate surface area is 98.0 Å². The summed E-state index contributed by atoms with van der Waals surface area (Å²) in [5.74, 6) is 0.864. The molecule has 0 aliphatic heterocycles. The summed E-state index contributed by atoms with van der Waals surface area (Å²) in [6, 6.07) is 1.11. The third-order valence-electron chi connectivity index (χ3n) is 3.92. The van der Waals surface area contributed by atoms with Crippen LogP contribution in [-0.4, -0.2) is 16.2 Å². The molecule has 90 valence electrons. The summed E-state index contributed by atoms with van der Waals surface area (Å²) in [5, 5.41) is 10.7. The van der Waals surface area contributed by atoms with E-state index in [0.29, 0.717) is 12.1 Å². The van der Waals surface area contributed by atoms with Crippen LogP contribution in [0.25, 0.3) is 0 Å². The van der Waals surface area contributed by atoms with Gasteiger partial charge in [-0.25, -0.2) is 0 Å². The largest absolute Gasteiger partial charge is 0.307 e. The highest BCUT2D eigenvalue weighted by atomic mass is 15.1. The Kier molecular flexibility index (Phi) is 3.99. The van der Waals surface area contributed by atoms with Crippen molar-refractivity contribution in [3.8, 4) is 0 Å². The minimum absolute atomic E-state index is 0.413. The molecule has 2 N–H and O–H groups in total. The van der Waals surface area contributed by atoms with E-state index in [1.807, 2.05) is 12.4 Å². The fourth-order valence-corrected chi connectivity index (χ4v) is 2.83. The van der Waals surface area contributed by atoms with Gasteiger partial charge >= 0.3 is 0 Å². The molecule has 1 aliphatic carbocycles. The Morgan fingerprint density at radius 3 is 3.00 bits per heavy atom. The van der Waals surface area contributed by atoms with E-state index in [2.05, 4.69) is 29.4 Å². The predicted octanol–water partition coefficient (Wildman–Crippen LogP) is 3.03.